The summed E-state index contributed by atoms with van der Waals surface area (Å²) in [6.07, 6.45) is 5.48. The zero-order chi connectivity index (χ0) is 10.7. The van der Waals surface area contributed by atoms with Crippen LogP contribution in [0, 0.1) is 0 Å². The molecule has 1 saturated carbocycles. The number of nitrogens with zero attached hydrogens (tertiary/aromatic N) is 1. The van der Waals surface area contributed by atoms with Crippen molar-refractivity contribution in [2.45, 2.75) is 38.3 Å². The molecule has 0 heterocycles. The van der Waals surface area contributed by atoms with Gasteiger partial charge in [-0.2, -0.15) is 0 Å². The maximum Gasteiger partial charge on any atom is 0.0359 e. The van der Waals surface area contributed by atoms with E-state index in [1.807, 2.05) is 12.1 Å². The molecule has 2 rings (SSSR count). The van der Waals surface area contributed by atoms with Crippen molar-refractivity contribution >= 4 is 5.69 Å². The van der Waals surface area contributed by atoms with Gasteiger partial charge in [-0.25, -0.2) is 0 Å². The fourth-order valence-electron chi connectivity index (χ4n) is 2.42. The predicted molar refractivity (Wildman–Crippen MR) is 64.6 cm³/mol. The summed E-state index contributed by atoms with van der Waals surface area (Å²) in [5.41, 5.74) is 8.12. The Hall–Kier alpha value is -1.02. The fraction of sp³-hybridized carbons (Fsp3) is 0.538. The average molecular weight is 204 g/mol. The molecule has 1 aromatic rings. The molecule has 15 heavy (non-hydrogen) atoms. The third-order valence-electron chi connectivity index (χ3n) is 3.42. The van der Waals surface area contributed by atoms with Gasteiger partial charge in [0.05, 0.1) is 0 Å². The summed E-state index contributed by atoms with van der Waals surface area (Å²) in [6.45, 7) is 0.983. The first-order valence-corrected chi connectivity index (χ1v) is 5.81. The van der Waals surface area contributed by atoms with Crippen LogP contribution in [0.15, 0.2) is 24.3 Å². The maximum absolute atomic E-state index is 5.94. The van der Waals surface area contributed by atoms with Crippen LogP contribution in [0.5, 0.6) is 0 Å². The summed E-state index contributed by atoms with van der Waals surface area (Å²) in [6, 6.07) is 8.94. The lowest BCUT2D eigenvalue weighted by molar-refractivity contribution is 0.238. The fourth-order valence-corrected chi connectivity index (χ4v) is 2.42. The molecule has 0 radical (unpaired) electrons. The van der Waals surface area contributed by atoms with E-state index in [1.54, 1.807) is 0 Å². The smallest absolute Gasteiger partial charge is 0.0359 e. The molecule has 2 nitrogen and oxygen atoms in total. The largest absolute Gasteiger partial charge is 0.398 e. The topological polar surface area (TPSA) is 29.3 Å². The molecule has 0 aliphatic heterocycles. The Labute approximate surface area is 92.1 Å². The molecule has 0 unspecified atom stereocenters. The third kappa shape index (κ3) is 2.51. The van der Waals surface area contributed by atoms with Crippen molar-refractivity contribution in [2.75, 3.05) is 12.8 Å². The molecule has 0 atom stereocenters. The van der Waals surface area contributed by atoms with E-state index in [-0.39, 0.29) is 0 Å². The van der Waals surface area contributed by atoms with Gasteiger partial charge in [0.2, 0.25) is 0 Å². The summed E-state index contributed by atoms with van der Waals surface area (Å²) in [5, 5.41) is 0. The van der Waals surface area contributed by atoms with Gasteiger partial charge in [-0.05, 0) is 31.5 Å². The first-order valence-electron chi connectivity index (χ1n) is 5.81. The Morgan fingerprint density at radius 1 is 1.27 bits per heavy atom. The van der Waals surface area contributed by atoms with Gasteiger partial charge < -0.3 is 5.73 Å². The molecule has 1 aliphatic rings. The van der Waals surface area contributed by atoms with Crippen LogP contribution in [0.2, 0.25) is 0 Å². The van der Waals surface area contributed by atoms with Crippen LogP contribution in [0.4, 0.5) is 5.69 Å². The second kappa shape index (κ2) is 4.67. The van der Waals surface area contributed by atoms with Gasteiger partial charge in [0, 0.05) is 18.3 Å². The van der Waals surface area contributed by atoms with E-state index in [2.05, 4.69) is 24.1 Å². The van der Waals surface area contributed by atoms with Crippen molar-refractivity contribution in [2.24, 2.45) is 0 Å². The van der Waals surface area contributed by atoms with E-state index in [4.69, 9.17) is 5.73 Å². The highest BCUT2D eigenvalue weighted by atomic mass is 15.1. The predicted octanol–water partition coefficient (Wildman–Crippen LogP) is 2.64. The van der Waals surface area contributed by atoms with Crippen LogP contribution in [0.1, 0.15) is 31.2 Å². The van der Waals surface area contributed by atoms with E-state index in [0.717, 1.165) is 18.3 Å². The maximum atomic E-state index is 5.94. The van der Waals surface area contributed by atoms with Crippen molar-refractivity contribution in [1.82, 2.24) is 4.90 Å². The van der Waals surface area contributed by atoms with Crippen LogP contribution in [-0.2, 0) is 6.54 Å². The van der Waals surface area contributed by atoms with Crippen molar-refractivity contribution in [3.8, 4) is 0 Å². The van der Waals surface area contributed by atoms with E-state index < -0.39 is 0 Å². The monoisotopic (exact) mass is 204 g/mol. The Balaban J connectivity index is 1.99. The van der Waals surface area contributed by atoms with E-state index in [1.165, 1.54) is 31.2 Å². The molecular weight excluding hydrogens is 184 g/mol. The van der Waals surface area contributed by atoms with Crippen LogP contribution in [0.3, 0.4) is 0 Å². The van der Waals surface area contributed by atoms with E-state index in [0.29, 0.717) is 0 Å². The minimum atomic E-state index is 0.768. The molecule has 0 spiro atoms. The molecule has 0 aromatic heterocycles. The Morgan fingerprint density at radius 3 is 2.60 bits per heavy atom. The number of rotatable bonds is 3. The summed E-state index contributed by atoms with van der Waals surface area (Å²) >= 11 is 0. The Bertz CT molecular complexity index is 316. The highest BCUT2D eigenvalue weighted by Crippen LogP contribution is 2.24. The molecule has 2 N–H and O–H groups in total. The summed E-state index contributed by atoms with van der Waals surface area (Å²) < 4.78 is 0. The summed E-state index contributed by atoms with van der Waals surface area (Å²) in [4.78, 5) is 2.44. The second-order valence-electron chi connectivity index (χ2n) is 4.55. The van der Waals surface area contributed by atoms with Crippen molar-refractivity contribution in [3.63, 3.8) is 0 Å². The lowest BCUT2D eigenvalue weighted by Gasteiger charge is -2.24. The van der Waals surface area contributed by atoms with Gasteiger partial charge in [-0.1, -0.05) is 31.0 Å². The molecule has 0 saturated heterocycles. The van der Waals surface area contributed by atoms with Crippen LogP contribution in [-0.4, -0.2) is 18.0 Å². The van der Waals surface area contributed by atoms with Gasteiger partial charge in [-0.15, -0.1) is 0 Å². The number of para-hydroxylation sites is 1. The van der Waals surface area contributed by atoms with Gasteiger partial charge >= 0.3 is 0 Å². The lowest BCUT2D eigenvalue weighted by atomic mass is 10.1. The normalized spacial score (nSPS) is 17.5. The highest BCUT2D eigenvalue weighted by molar-refractivity contribution is 5.46. The van der Waals surface area contributed by atoms with Gasteiger partial charge in [0.25, 0.3) is 0 Å². The van der Waals surface area contributed by atoms with Gasteiger partial charge in [0.1, 0.15) is 0 Å². The van der Waals surface area contributed by atoms with Crippen LogP contribution >= 0.6 is 0 Å². The zero-order valence-electron chi connectivity index (χ0n) is 9.45. The van der Waals surface area contributed by atoms with Crippen molar-refractivity contribution in [3.05, 3.63) is 29.8 Å². The molecule has 1 fully saturated rings. The number of benzene rings is 1. The van der Waals surface area contributed by atoms with Crippen LogP contribution < -0.4 is 5.73 Å². The number of nitrogens with two attached hydrogens (primary N) is 1. The lowest BCUT2D eigenvalue weighted by Crippen LogP contribution is -2.28. The number of anilines is 1. The van der Waals surface area contributed by atoms with E-state index in [9.17, 15) is 0 Å². The first kappa shape index (κ1) is 10.5. The van der Waals surface area contributed by atoms with Gasteiger partial charge in [-0.3, -0.25) is 4.90 Å². The minimum Gasteiger partial charge on any atom is -0.398 e. The SMILES string of the molecule is CN(Cc1ccccc1N)C1CCCC1. The number of nitrogen functional groups attached to an aromatic ring is 1. The molecular formula is C13H20N2. The van der Waals surface area contributed by atoms with Gasteiger partial charge in [0.15, 0.2) is 0 Å². The molecule has 0 bridgehead atoms. The molecule has 0 amide bonds. The zero-order valence-corrected chi connectivity index (χ0v) is 9.45. The average Bonchev–Trinajstić information content (AvgIpc) is 2.74. The van der Waals surface area contributed by atoms with E-state index >= 15 is 0 Å². The molecule has 1 aromatic carbocycles. The van der Waals surface area contributed by atoms with Crippen molar-refractivity contribution < 1.29 is 0 Å². The molecule has 1 aliphatic carbocycles. The standard InChI is InChI=1S/C13H20N2/c1-15(12-7-3-4-8-12)10-11-6-2-5-9-13(11)14/h2,5-6,9,12H,3-4,7-8,10,14H2,1H3. The minimum absolute atomic E-state index is 0.768. The second-order valence-corrected chi connectivity index (χ2v) is 4.55. The first-order chi connectivity index (χ1) is 7.27. The number of hydrogen-bond acceptors (Lipinski definition) is 2. The van der Waals surface area contributed by atoms with Crippen LogP contribution in [0.25, 0.3) is 0 Å². The molecule has 2 heteroatoms. The Kier molecular flexibility index (Phi) is 3.27. The number of hydrogen-bond donors (Lipinski definition) is 1. The Morgan fingerprint density at radius 2 is 1.93 bits per heavy atom. The quantitative estimate of drug-likeness (QED) is 0.767. The summed E-state index contributed by atoms with van der Waals surface area (Å²) in [7, 11) is 2.21. The summed E-state index contributed by atoms with van der Waals surface area (Å²) in [5.74, 6) is 0. The highest BCUT2D eigenvalue weighted by Gasteiger charge is 2.19. The van der Waals surface area contributed by atoms with Crippen molar-refractivity contribution in [1.29, 1.82) is 0 Å². The third-order valence-corrected chi connectivity index (χ3v) is 3.42. The molecule has 82 valence electrons.